The standard InChI is InChI=1S/C18H31N3O2/c1-5-23-13-7-6-11-20-18(19-3)21-12-10-16-14-15(2)8-9-17(16)22-4/h8-9,14H,5-7,10-13H2,1-4H3,(H2,19,20,21). The summed E-state index contributed by atoms with van der Waals surface area (Å²) in [5, 5.41) is 6.67. The van der Waals surface area contributed by atoms with E-state index in [1.165, 1.54) is 11.1 Å². The van der Waals surface area contributed by atoms with Gasteiger partial charge in [0.25, 0.3) is 0 Å². The van der Waals surface area contributed by atoms with Gasteiger partial charge in [0.15, 0.2) is 5.96 Å². The van der Waals surface area contributed by atoms with E-state index in [0.29, 0.717) is 0 Å². The van der Waals surface area contributed by atoms with E-state index in [9.17, 15) is 0 Å². The average molecular weight is 321 g/mol. The molecule has 0 bridgehead atoms. The SMILES string of the molecule is CCOCCCCNC(=NC)NCCc1cc(C)ccc1OC. The van der Waals surface area contributed by atoms with Crippen molar-refractivity contribution in [2.75, 3.05) is 40.5 Å². The highest BCUT2D eigenvalue weighted by Gasteiger charge is 2.04. The summed E-state index contributed by atoms with van der Waals surface area (Å²) >= 11 is 0. The van der Waals surface area contributed by atoms with Gasteiger partial charge < -0.3 is 20.1 Å². The van der Waals surface area contributed by atoms with Crippen molar-refractivity contribution in [3.05, 3.63) is 29.3 Å². The van der Waals surface area contributed by atoms with Crippen LogP contribution in [0.4, 0.5) is 0 Å². The highest BCUT2D eigenvalue weighted by atomic mass is 16.5. The summed E-state index contributed by atoms with van der Waals surface area (Å²) in [6.45, 7) is 7.46. The second kappa shape index (κ2) is 11.8. The van der Waals surface area contributed by atoms with Crippen molar-refractivity contribution < 1.29 is 9.47 Å². The first-order chi connectivity index (χ1) is 11.2. The fourth-order valence-corrected chi connectivity index (χ4v) is 2.32. The third kappa shape index (κ3) is 7.88. The summed E-state index contributed by atoms with van der Waals surface area (Å²) in [5.41, 5.74) is 2.46. The Bertz CT molecular complexity index is 475. The lowest BCUT2D eigenvalue weighted by atomic mass is 10.1. The van der Waals surface area contributed by atoms with Gasteiger partial charge in [-0.15, -0.1) is 0 Å². The number of aliphatic imine (C=N–C) groups is 1. The third-order valence-electron chi connectivity index (χ3n) is 3.56. The van der Waals surface area contributed by atoms with E-state index < -0.39 is 0 Å². The maximum atomic E-state index is 5.41. The predicted molar refractivity (Wildman–Crippen MR) is 96.5 cm³/mol. The second-order valence-electron chi connectivity index (χ2n) is 5.40. The number of ether oxygens (including phenoxy) is 2. The molecule has 2 N–H and O–H groups in total. The number of hydrogen-bond donors (Lipinski definition) is 2. The lowest BCUT2D eigenvalue weighted by molar-refractivity contribution is 0.143. The number of nitrogens with zero attached hydrogens (tertiary/aromatic N) is 1. The molecule has 0 atom stereocenters. The molecule has 0 aliphatic rings. The molecule has 0 saturated carbocycles. The van der Waals surface area contributed by atoms with E-state index in [-0.39, 0.29) is 0 Å². The molecular weight excluding hydrogens is 290 g/mol. The zero-order chi connectivity index (χ0) is 16.9. The van der Waals surface area contributed by atoms with E-state index in [1.54, 1.807) is 14.2 Å². The molecule has 23 heavy (non-hydrogen) atoms. The van der Waals surface area contributed by atoms with Gasteiger partial charge in [-0.3, -0.25) is 4.99 Å². The third-order valence-corrected chi connectivity index (χ3v) is 3.56. The molecule has 5 nitrogen and oxygen atoms in total. The van der Waals surface area contributed by atoms with Crippen LogP contribution in [0, 0.1) is 6.92 Å². The first-order valence-corrected chi connectivity index (χ1v) is 8.37. The average Bonchev–Trinajstić information content (AvgIpc) is 2.56. The predicted octanol–water partition coefficient (Wildman–Crippen LogP) is 2.53. The molecule has 0 spiro atoms. The highest BCUT2D eigenvalue weighted by Crippen LogP contribution is 2.19. The number of unbranched alkanes of at least 4 members (excludes halogenated alkanes) is 1. The van der Waals surface area contributed by atoms with Gasteiger partial charge in [0, 0.05) is 33.4 Å². The van der Waals surface area contributed by atoms with Crippen LogP contribution in [-0.2, 0) is 11.2 Å². The number of hydrogen-bond acceptors (Lipinski definition) is 3. The van der Waals surface area contributed by atoms with Gasteiger partial charge in [0.05, 0.1) is 7.11 Å². The number of rotatable bonds is 10. The van der Waals surface area contributed by atoms with Crippen molar-refractivity contribution in [1.82, 2.24) is 10.6 Å². The van der Waals surface area contributed by atoms with Crippen LogP contribution >= 0.6 is 0 Å². The molecular formula is C18H31N3O2. The summed E-state index contributed by atoms with van der Waals surface area (Å²) in [4.78, 5) is 4.25. The minimum Gasteiger partial charge on any atom is -0.496 e. The lowest BCUT2D eigenvalue weighted by Gasteiger charge is -2.13. The molecule has 5 heteroatoms. The molecule has 130 valence electrons. The summed E-state index contributed by atoms with van der Waals surface area (Å²) in [6.07, 6.45) is 3.04. The summed E-state index contributed by atoms with van der Waals surface area (Å²) in [6, 6.07) is 6.26. The molecule has 1 rings (SSSR count). The van der Waals surface area contributed by atoms with Gasteiger partial charge in [-0.05, 0) is 44.7 Å². The van der Waals surface area contributed by atoms with Crippen molar-refractivity contribution in [3.8, 4) is 5.75 Å². The first kappa shape index (κ1) is 19.3. The van der Waals surface area contributed by atoms with Crippen LogP contribution in [0.1, 0.15) is 30.9 Å². The molecule has 0 heterocycles. The Balaban J connectivity index is 2.28. The van der Waals surface area contributed by atoms with E-state index in [0.717, 1.165) is 57.3 Å². The van der Waals surface area contributed by atoms with Crippen molar-refractivity contribution in [3.63, 3.8) is 0 Å². The number of guanidine groups is 1. The van der Waals surface area contributed by atoms with Crippen LogP contribution in [0.3, 0.4) is 0 Å². The molecule has 1 aromatic carbocycles. The maximum absolute atomic E-state index is 5.41. The Labute approximate surface area is 140 Å². The first-order valence-electron chi connectivity index (χ1n) is 8.37. The van der Waals surface area contributed by atoms with Crippen LogP contribution in [0.2, 0.25) is 0 Å². The molecule has 0 saturated heterocycles. The Morgan fingerprint density at radius 1 is 1.17 bits per heavy atom. The fraction of sp³-hybridized carbons (Fsp3) is 0.611. The lowest BCUT2D eigenvalue weighted by Crippen LogP contribution is -2.38. The van der Waals surface area contributed by atoms with E-state index in [4.69, 9.17) is 9.47 Å². The summed E-state index contributed by atoms with van der Waals surface area (Å²) in [7, 11) is 3.51. The number of methoxy groups -OCH3 is 1. The zero-order valence-electron chi connectivity index (χ0n) is 14.9. The largest absolute Gasteiger partial charge is 0.496 e. The van der Waals surface area contributed by atoms with Gasteiger partial charge in [0.2, 0.25) is 0 Å². The molecule has 1 aromatic rings. The van der Waals surface area contributed by atoms with Gasteiger partial charge in [-0.25, -0.2) is 0 Å². The molecule has 0 radical (unpaired) electrons. The smallest absolute Gasteiger partial charge is 0.190 e. The Kier molecular flexibility index (Phi) is 9.87. The van der Waals surface area contributed by atoms with Crippen molar-refractivity contribution >= 4 is 5.96 Å². The normalized spacial score (nSPS) is 11.4. The van der Waals surface area contributed by atoms with Crippen LogP contribution in [0.15, 0.2) is 23.2 Å². The summed E-state index contributed by atoms with van der Waals surface area (Å²) in [5.74, 6) is 1.78. The number of benzene rings is 1. The van der Waals surface area contributed by atoms with Gasteiger partial charge in [0.1, 0.15) is 5.75 Å². The van der Waals surface area contributed by atoms with Crippen molar-refractivity contribution in [2.24, 2.45) is 4.99 Å². The Morgan fingerprint density at radius 3 is 2.65 bits per heavy atom. The molecule has 0 unspecified atom stereocenters. The van der Waals surface area contributed by atoms with Crippen LogP contribution < -0.4 is 15.4 Å². The van der Waals surface area contributed by atoms with Crippen molar-refractivity contribution in [1.29, 1.82) is 0 Å². The zero-order valence-corrected chi connectivity index (χ0v) is 14.9. The van der Waals surface area contributed by atoms with Gasteiger partial charge >= 0.3 is 0 Å². The van der Waals surface area contributed by atoms with Gasteiger partial charge in [-0.1, -0.05) is 17.7 Å². The molecule has 0 aliphatic heterocycles. The Hall–Kier alpha value is -1.75. The topological polar surface area (TPSA) is 54.9 Å². The Morgan fingerprint density at radius 2 is 1.96 bits per heavy atom. The van der Waals surface area contributed by atoms with E-state index >= 15 is 0 Å². The fourth-order valence-electron chi connectivity index (χ4n) is 2.32. The van der Waals surface area contributed by atoms with Crippen LogP contribution in [0.25, 0.3) is 0 Å². The molecule has 0 aliphatic carbocycles. The van der Waals surface area contributed by atoms with Crippen LogP contribution in [-0.4, -0.2) is 46.4 Å². The van der Waals surface area contributed by atoms with E-state index in [1.807, 2.05) is 13.0 Å². The molecule has 0 aromatic heterocycles. The quantitative estimate of drug-likeness (QED) is 0.395. The second-order valence-corrected chi connectivity index (χ2v) is 5.40. The minimum atomic E-state index is 0.791. The number of aryl methyl sites for hydroxylation is 1. The summed E-state index contributed by atoms with van der Waals surface area (Å²) < 4.78 is 10.7. The molecule has 0 fully saturated rings. The van der Waals surface area contributed by atoms with Crippen molar-refractivity contribution in [2.45, 2.75) is 33.1 Å². The maximum Gasteiger partial charge on any atom is 0.190 e. The minimum absolute atomic E-state index is 0.791. The molecule has 0 amide bonds. The van der Waals surface area contributed by atoms with Crippen LogP contribution in [0.5, 0.6) is 5.75 Å². The van der Waals surface area contributed by atoms with Gasteiger partial charge in [-0.2, -0.15) is 0 Å². The number of nitrogens with one attached hydrogen (secondary N) is 2. The highest BCUT2D eigenvalue weighted by molar-refractivity contribution is 5.79. The van der Waals surface area contributed by atoms with E-state index in [2.05, 4.69) is 34.7 Å². The monoisotopic (exact) mass is 321 g/mol.